The van der Waals surface area contributed by atoms with Gasteiger partial charge in [-0.05, 0) is 58.0 Å². The zero-order valence-corrected chi connectivity index (χ0v) is 13.2. The van der Waals surface area contributed by atoms with E-state index in [-0.39, 0.29) is 0 Å². The van der Waals surface area contributed by atoms with Crippen LogP contribution in [0.1, 0.15) is 46.0 Å². The second-order valence-corrected chi connectivity index (χ2v) is 7.08. The molecule has 0 aromatic heterocycles. The van der Waals surface area contributed by atoms with Crippen LogP contribution in [0, 0.1) is 11.8 Å². The molecule has 1 saturated heterocycles. The van der Waals surface area contributed by atoms with E-state index in [1.54, 1.807) is 0 Å². The summed E-state index contributed by atoms with van der Waals surface area (Å²) in [6, 6.07) is 0.728. The summed E-state index contributed by atoms with van der Waals surface area (Å²) >= 11 is 0. The number of hydrogen-bond donors (Lipinski definition) is 1. The van der Waals surface area contributed by atoms with Crippen molar-refractivity contribution in [1.29, 1.82) is 0 Å². The van der Waals surface area contributed by atoms with E-state index in [4.69, 9.17) is 4.74 Å². The van der Waals surface area contributed by atoms with Crippen molar-refractivity contribution in [3.05, 3.63) is 0 Å². The Balaban J connectivity index is 1.85. The minimum Gasteiger partial charge on any atom is -0.381 e. The maximum atomic E-state index is 5.54. The zero-order valence-electron chi connectivity index (χ0n) is 13.2. The Bertz CT molecular complexity index is 274. The first-order chi connectivity index (χ1) is 9.03. The predicted molar refractivity (Wildman–Crippen MR) is 80.4 cm³/mol. The minimum absolute atomic E-state index is 0.310. The molecule has 0 aromatic rings. The molecule has 1 heterocycles. The third-order valence-electron chi connectivity index (χ3n) is 5.69. The average Bonchev–Trinajstić information content (AvgIpc) is 2.41. The minimum atomic E-state index is 0.310. The molecule has 1 N–H and O–H groups in total. The van der Waals surface area contributed by atoms with Crippen LogP contribution in [0.25, 0.3) is 0 Å². The van der Waals surface area contributed by atoms with Crippen LogP contribution in [0.15, 0.2) is 0 Å². The molecule has 0 bridgehead atoms. The molecular weight excluding hydrogens is 236 g/mol. The highest BCUT2D eigenvalue weighted by Crippen LogP contribution is 2.30. The topological polar surface area (TPSA) is 24.5 Å². The Labute approximate surface area is 119 Å². The zero-order chi connectivity index (χ0) is 13.9. The third kappa shape index (κ3) is 3.71. The molecule has 2 aliphatic rings. The molecule has 2 fully saturated rings. The summed E-state index contributed by atoms with van der Waals surface area (Å²) in [5, 5.41) is 3.87. The number of ether oxygens (including phenoxy) is 1. The number of nitrogens with zero attached hydrogens (tertiary/aromatic N) is 1. The van der Waals surface area contributed by atoms with Crippen LogP contribution < -0.4 is 5.32 Å². The average molecular weight is 268 g/mol. The van der Waals surface area contributed by atoms with Crippen LogP contribution in [0.2, 0.25) is 0 Å². The third-order valence-corrected chi connectivity index (χ3v) is 5.69. The standard InChI is InChI=1S/C16H32N2O/c1-13-5-6-15(11-14(13)2)17-12-16(18(3)4)7-9-19-10-8-16/h13-15,17H,5-12H2,1-4H3/t13-,14-,15-/m1/s1. The summed E-state index contributed by atoms with van der Waals surface area (Å²) in [5.74, 6) is 1.78. The molecule has 2 rings (SSSR count). The first-order valence-electron chi connectivity index (χ1n) is 8.02. The van der Waals surface area contributed by atoms with Crippen molar-refractivity contribution in [2.24, 2.45) is 11.8 Å². The lowest BCUT2D eigenvalue weighted by molar-refractivity contribution is -0.00940. The van der Waals surface area contributed by atoms with Crippen molar-refractivity contribution < 1.29 is 4.74 Å². The smallest absolute Gasteiger partial charge is 0.0484 e. The molecule has 1 aliphatic heterocycles. The fourth-order valence-corrected chi connectivity index (χ4v) is 3.60. The molecule has 0 amide bonds. The summed E-state index contributed by atoms with van der Waals surface area (Å²) in [4.78, 5) is 2.41. The Kier molecular flexibility index (Phi) is 5.27. The van der Waals surface area contributed by atoms with Gasteiger partial charge < -0.3 is 15.0 Å². The number of rotatable bonds is 4. The molecule has 0 unspecified atom stereocenters. The highest BCUT2D eigenvalue weighted by molar-refractivity contribution is 4.93. The van der Waals surface area contributed by atoms with Crippen molar-refractivity contribution in [2.75, 3.05) is 33.9 Å². The van der Waals surface area contributed by atoms with E-state index in [9.17, 15) is 0 Å². The molecule has 0 spiro atoms. The molecule has 1 saturated carbocycles. The number of likely N-dealkylation sites (N-methyl/N-ethyl adjacent to an activating group) is 1. The summed E-state index contributed by atoms with van der Waals surface area (Å²) in [6.07, 6.45) is 6.40. The van der Waals surface area contributed by atoms with Crippen LogP contribution in [0.4, 0.5) is 0 Å². The van der Waals surface area contributed by atoms with E-state index in [0.29, 0.717) is 5.54 Å². The first-order valence-corrected chi connectivity index (χ1v) is 8.02. The van der Waals surface area contributed by atoms with Crippen molar-refractivity contribution in [2.45, 2.75) is 57.5 Å². The number of nitrogens with one attached hydrogen (secondary N) is 1. The van der Waals surface area contributed by atoms with E-state index in [2.05, 4.69) is 38.2 Å². The van der Waals surface area contributed by atoms with Gasteiger partial charge in [0.2, 0.25) is 0 Å². The predicted octanol–water partition coefficient (Wildman–Crippen LogP) is 2.51. The van der Waals surface area contributed by atoms with Gasteiger partial charge in [0.1, 0.15) is 0 Å². The van der Waals surface area contributed by atoms with Crippen LogP contribution in [0.5, 0.6) is 0 Å². The van der Waals surface area contributed by atoms with E-state index in [1.165, 1.54) is 19.3 Å². The normalized spacial score (nSPS) is 35.5. The summed E-state index contributed by atoms with van der Waals surface area (Å²) < 4.78 is 5.54. The highest BCUT2D eigenvalue weighted by Gasteiger charge is 2.35. The molecule has 3 heteroatoms. The second kappa shape index (κ2) is 6.55. The van der Waals surface area contributed by atoms with Gasteiger partial charge in [0.25, 0.3) is 0 Å². The SMILES string of the molecule is C[C@@H]1CC[C@@H](NCC2(N(C)C)CCOCC2)C[C@H]1C. The quantitative estimate of drug-likeness (QED) is 0.848. The lowest BCUT2D eigenvalue weighted by atomic mass is 9.78. The van der Waals surface area contributed by atoms with Crippen molar-refractivity contribution >= 4 is 0 Å². The molecule has 0 radical (unpaired) electrons. The highest BCUT2D eigenvalue weighted by atomic mass is 16.5. The number of hydrogen-bond acceptors (Lipinski definition) is 3. The van der Waals surface area contributed by atoms with Gasteiger partial charge >= 0.3 is 0 Å². The molecule has 3 atom stereocenters. The maximum absolute atomic E-state index is 5.54. The van der Waals surface area contributed by atoms with Crippen molar-refractivity contribution in [1.82, 2.24) is 10.2 Å². The van der Waals surface area contributed by atoms with E-state index in [1.807, 2.05) is 0 Å². The lowest BCUT2D eigenvalue weighted by Gasteiger charge is -2.44. The summed E-state index contributed by atoms with van der Waals surface area (Å²) in [6.45, 7) is 7.76. The first kappa shape index (κ1) is 15.3. The molecule has 3 nitrogen and oxygen atoms in total. The van der Waals surface area contributed by atoms with E-state index >= 15 is 0 Å². The Hall–Kier alpha value is -0.120. The summed E-state index contributed by atoms with van der Waals surface area (Å²) in [5.41, 5.74) is 0.310. The Morgan fingerprint density at radius 2 is 1.79 bits per heavy atom. The molecule has 0 aromatic carbocycles. The largest absolute Gasteiger partial charge is 0.381 e. The van der Waals surface area contributed by atoms with Gasteiger partial charge in [-0.15, -0.1) is 0 Å². The molecular formula is C16H32N2O. The van der Waals surface area contributed by atoms with Crippen molar-refractivity contribution in [3.63, 3.8) is 0 Å². The van der Waals surface area contributed by atoms with Crippen LogP contribution in [0.3, 0.4) is 0 Å². The van der Waals surface area contributed by atoms with Gasteiger partial charge in [-0.3, -0.25) is 0 Å². The fraction of sp³-hybridized carbons (Fsp3) is 1.00. The van der Waals surface area contributed by atoms with Gasteiger partial charge in [-0.1, -0.05) is 13.8 Å². The Morgan fingerprint density at radius 3 is 2.37 bits per heavy atom. The molecule has 112 valence electrons. The molecule has 1 aliphatic carbocycles. The van der Waals surface area contributed by atoms with Gasteiger partial charge in [-0.25, -0.2) is 0 Å². The van der Waals surface area contributed by atoms with Crippen LogP contribution in [-0.2, 0) is 4.74 Å². The summed E-state index contributed by atoms with van der Waals surface area (Å²) in [7, 11) is 4.44. The maximum Gasteiger partial charge on any atom is 0.0484 e. The fourth-order valence-electron chi connectivity index (χ4n) is 3.60. The van der Waals surface area contributed by atoms with Crippen LogP contribution >= 0.6 is 0 Å². The van der Waals surface area contributed by atoms with Crippen LogP contribution in [-0.4, -0.2) is 50.3 Å². The van der Waals surface area contributed by atoms with Gasteiger partial charge in [0.05, 0.1) is 0 Å². The second-order valence-electron chi connectivity index (χ2n) is 7.08. The molecule has 19 heavy (non-hydrogen) atoms. The van der Waals surface area contributed by atoms with Gasteiger partial charge in [-0.2, -0.15) is 0 Å². The lowest BCUT2D eigenvalue weighted by Crippen LogP contribution is -2.56. The van der Waals surface area contributed by atoms with Crippen molar-refractivity contribution in [3.8, 4) is 0 Å². The van der Waals surface area contributed by atoms with Gasteiger partial charge in [0, 0.05) is 31.3 Å². The van der Waals surface area contributed by atoms with Gasteiger partial charge in [0.15, 0.2) is 0 Å². The monoisotopic (exact) mass is 268 g/mol. The van der Waals surface area contributed by atoms with E-state index in [0.717, 1.165) is 50.5 Å². The Morgan fingerprint density at radius 1 is 1.11 bits per heavy atom. The van der Waals surface area contributed by atoms with E-state index < -0.39 is 0 Å².